The zero-order chi connectivity index (χ0) is 19.6. The minimum Gasteiger partial charge on any atom is -0.550 e. The molecule has 1 saturated heterocycles. The first kappa shape index (κ1) is 19.8. The lowest BCUT2D eigenvalue weighted by Crippen LogP contribution is -2.54. The molecule has 2 fully saturated rings. The highest BCUT2D eigenvalue weighted by Crippen LogP contribution is 2.31. The van der Waals surface area contributed by atoms with Crippen molar-refractivity contribution >= 4 is 21.9 Å². The Morgan fingerprint density at radius 3 is 2.07 bits per heavy atom. The maximum Gasteiger partial charge on any atom is 0.243 e. The lowest BCUT2D eigenvalue weighted by molar-refractivity contribution is -0.314. The number of hydrogen-bond acceptors (Lipinski definition) is 5. The predicted octanol–water partition coefficient (Wildman–Crippen LogP) is 0.215. The standard InChI is InChI=1S/C18H23FN2O5S/c19-13-5-7-14(8-6-13)27(25,26)21-11-9-20(10-12-21)17(22)15-3-1-2-4-16(15)18(23)24/h5-8,15-16H,1-4,9-12H2,(H,23,24)/p-1/t15-,16-/m1/s1. The van der Waals surface area contributed by atoms with Gasteiger partial charge in [0.05, 0.1) is 4.90 Å². The van der Waals surface area contributed by atoms with Gasteiger partial charge < -0.3 is 14.8 Å². The van der Waals surface area contributed by atoms with Crippen molar-refractivity contribution in [2.24, 2.45) is 11.8 Å². The molecule has 1 aliphatic carbocycles. The predicted molar refractivity (Wildman–Crippen MR) is 92.2 cm³/mol. The van der Waals surface area contributed by atoms with E-state index in [0.717, 1.165) is 25.0 Å². The number of carboxylic acid groups (broad SMARTS) is 1. The van der Waals surface area contributed by atoms with Gasteiger partial charge in [-0.3, -0.25) is 4.79 Å². The first-order valence-corrected chi connectivity index (χ1v) is 10.5. The number of carbonyl (C=O) groups excluding carboxylic acids is 2. The van der Waals surface area contributed by atoms with E-state index in [4.69, 9.17) is 0 Å². The van der Waals surface area contributed by atoms with Crippen LogP contribution >= 0.6 is 0 Å². The highest BCUT2D eigenvalue weighted by Gasteiger charge is 2.37. The van der Waals surface area contributed by atoms with Crippen LogP contribution in [-0.4, -0.2) is 55.7 Å². The van der Waals surface area contributed by atoms with E-state index in [0.29, 0.717) is 12.8 Å². The fourth-order valence-corrected chi connectivity index (χ4v) is 5.27. The van der Waals surface area contributed by atoms with Crippen LogP contribution < -0.4 is 5.11 Å². The molecular weight excluding hydrogens is 375 g/mol. The molecule has 148 valence electrons. The van der Waals surface area contributed by atoms with E-state index >= 15 is 0 Å². The van der Waals surface area contributed by atoms with Crippen LogP contribution in [0, 0.1) is 17.7 Å². The Balaban J connectivity index is 1.65. The molecule has 0 aromatic heterocycles. The molecule has 0 unspecified atom stereocenters. The molecule has 1 aliphatic heterocycles. The molecule has 1 amide bonds. The molecule has 0 spiro atoms. The number of aliphatic carboxylic acids is 1. The number of benzene rings is 1. The van der Waals surface area contributed by atoms with Crippen LogP contribution in [0.25, 0.3) is 0 Å². The molecule has 1 aromatic carbocycles. The fraction of sp³-hybridized carbons (Fsp3) is 0.556. The van der Waals surface area contributed by atoms with Crippen molar-refractivity contribution in [3.63, 3.8) is 0 Å². The van der Waals surface area contributed by atoms with Gasteiger partial charge in [0.1, 0.15) is 5.82 Å². The molecule has 0 bridgehead atoms. The summed E-state index contributed by atoms with van der Waals surface area (Å²) in [5.74, 6) is -3.30. The summed E-state index contributed by atoms with van der Waals surface area (Å²) in [4.78, 5) is 25.6. The Morgan fingerprint density at radius 2 is 1.52 bits per heavy atom. The van der Waals surface area contributed by atoms with Gasteiger partial charge >= 0.3 is 0 Å². The molecule has 27 heavy (non-hydrogen) atoms. The number of amides is 1. The normalized spacial score (nSPS) is 24.6. The van der Waals surface area contributed by atoms with Crippen LogP contribution in [0.5, 0.6) is 0 Å². The minimum absolute atomic E-state index is 0.00738. The number of hydrogen-bond donors (Lipinski definition) is 0. The largest absolute Gasteiger partial charge is 0.550 e. The second kappa shape index (κ2) is 7.93. The summed E-state index contributed by atoms with van der Waals surface area (Å²) in [6, 6.07) is 4.62. The summed E-state index contributed by atoms with van der Waals surface area (Å²) < 4.78 is 39.6. The summed E-state index contributed by atoms with van der Waals surface area (Å²) in [5.41, 5.74) is 0. The molecule has 1 aromatic rings. The molecule has 0 radical (unpaired) electrons. The molecule has 2 aliphatic rings. The highest BCUT2D eigenvalue weighted by molar-refractivity contribution is 7.89. The average molecular weight is 397 g/mol. The maximum absolute atomic E-state index is 13.0. The topological polar surface area (TPSA) is 97.8 Å². The van der Waals surface area contributed by atoms with Crippen LogP contribution in [0.15, 0.2) is 29.2 Å². The van der Waals surface area contributed by atoms with Crippen LogP contribution in [0.4, 0.5) is 4.39 Å². The number of halogens is 1. The van der Waals surface area contributed by atoms with Gasteiger partial charge in [-0.25, -0.2) is 12.8 Å². The Hall–Kier alpha value is -2.00. The number of carboxylic acids is 1. The molecule has 3 rings (SSSR count). The maximum atomic E-state index is 13.0. The van der Waals surface area contributed by atoms with Crippen molar-refractivity contribution in [1.82, 2.24) is 9.21 Å². The number of sulfonamides is 1. The van der Waals surface area contributed by atoms with Crippen molar-refractivity contribution < 1.29 is 27.5 Å². The van der Waals surface area contributed by atoms with Gasteiger partial charge in [0.2, 0.25) is 15.9 Å². The molecule has 2 atom stereocenters. The zero-order valence-corrected chi connectivity index (χ0v) is 15.7. The molecule has 1 saturated carbocycles. The molecular formula is C18H22FN2O5S-. The Labute approximate surface area is 157 Å². The Morgan fingerprint density at radius 1 is 0.963 bits per heavy atom. The summed E-state index contributed by atoms with van der Waals surface area (Å²) >= 11 is 0. The van der Waals surface area contributed by atoms with E-state index < -0.39 is 33.6 Å². The SMILES string of the molecule is O=C([O-])[C@@H]1CCCC[C@H]1C(=O)N1CCN(S(=O)(=O)c2ccc(F)cc2)CC1. The van der Waals surface area contributed by atoms with Gasteiger partial charge in [-0.1, -0.05) is 12.8 Å². The minimum atomic E-state index is -3.75. The van der Waals surface area contributed by atoms with Crippen LogP contribution in [0.3, 0.4) is 0 Å². The monoisotopic (exact) mass is 397 g/mol. The smallest absolute Gasteiger partial charge is 0.243 e. The van der Waals surface area contributed by atoms with Crippen molar-refractivity contribution in [2.45, 2.75) is 30.6 Å². The summed E-state index contributed by atoms with van der Waals surface area (Å²) in [7, 11) is -3.75. The van der Waals surface area contributed by atoms with Crippen molar-refractivity contribution in [3.8, 4) is 0 Å². The number of piperazine rings is 1. The van der Waals surface area contributed by atoms with Crippen molar-refractivity contribution in [1.29, 1.82) is 0 Å². The first-order chi connectivity index (χ1) is 12.8. The van der Waals surface area contributed by atoms with Gasteiger partial charge in [0.15, 0.2) is 0 Å². The average Bonchev–Trinajstić information content (AvgIpc) is 2.68. The van der Waals surface area contributed by atoms with Crippen LogP contribution in [0.2, 0.25) is 0 Å². The second-order valence-corrected chi connectivity index (χ2v) is 8.94. The first-order valence-electron chi connectivity index (χ1n) is 9.06. The van der Waals surface area contributed by atoms with Crippen LogP contribution in [0.1, 0.15) is 25.7 Å². The number of carbonyl (C=O) groups is 2. The Kier molecular flexibility index (Phi) is 5.81. The number of rotatable bonds is 4. The summed E-state index contributed by atoms with van der Waals surface area (Å²) in [6.07, 6.45) is 2.54. The van der Waals surface area contributed by atoms with Gasteiger partial charge in [0.25, 0.3) is 0 Å². The van der Waals surface area contributed by atoms with E-state index in [2.05, 4.69) is 0 Å². The highest BCUT2D eigenvalue weighted by atomic mass is 32.2. The fourth-order valence-electron chi connectivity index (χ4n) is 3.85. The molecule has 9 heteroatoms. The van der Waals surface area contributed by atoms with E-state index in [-0.39, 0.29) is 37.0 Å². The summed E-state index contributed by atoms with van der Waals surface area (Å²) in [6.45, 7) is 0.646. The van der Waals surface area contributed by atoms with Crippen molar-refractivity contribution in [2.75, 3.05) is 26.2 Å². The lowest BCUT2D eigenvalue weighted by Gasteiger charge is -2.39. The van der Waals surface area contributed by atoms with Crippen molar-refractivity contribution in [3.05, 3.63) is 30.1 Å². The lowest BCUT2D eigenvalue weighted by atomic mass is 9.78. The van der Waals surface area contributed by atoms with Gasteiger partial charge in [-0.2, -0.15) is 4.31 Å². The molecule has 0 N–H and O–H groups in total. The van der Waals surface area contributed by atoms with Gasteiger partial charge in [-0.15, -0.1) is 0 Å². The van der Waals surface area contributed by atoms with E-state index in [1.54, 1.807) is 4.90 Å². The number of nitrogens with zero attached hydrogens (tertiary/aromatic N) is 2. The van der Waals surface area contributed by atoms with Crippen LogP contribution in [-0.2, 0) is 19.6 Å². The quantitative estimate of drug-likeness (QED) is 0.724. The van der Waals surface area contributed by atoms with E-state index in [1.807, 2.05) is 0 Å². The van der Waals surface area contributed by atoms with Gasteiger partial charge in [-0.05, 0) is 37.1 Å². The second-order valence-electron chi connectivity index (χ2n) is 7.00. The third-order valence-electron chi connectivity index (χ3n) is 5.39. The zero-order valence-electron chi connectivity index (χ0n) is 14.8. The summed E-state index contributed by atoms with van der Waals surface area (Å²) in [5, 5.41) is 11.3. The van der Waals surface area contributed by atoms with Gasteiger partial charge in [0, 0.05) is 44.0 Å². The third kappa shape index (κ3) is 4.14. The molecule has 7 nitrogen and oxygen atoms in total. The third-order valence-corrected chi connectivity index (χ3v) is 7.30. The Bertz CT molecular complexity index is 804. The van der Waals surface area contributed by atoms with E-state index in [9.17, 15) is 27.5 Å². The van der Waals surface area contributed by atoms with E-state index in [1.165, 1.54) is 16.4 Å². The molecule has 1 heterocycles.